The van der Waals surface area contributed by atoms with E-state index < -0.39 is 23.3 Å². The Kier molecular flexibility index (Phi) is 30.8. The molecule has 24 nitrogen and oxygen atoms in total. The lowest BCUT2D eigenvalue weighted by Gasteiger charge is -2.31. The molecule has 12 rings (SSSR count). The van der Waals surface area contributed by atoms with Crippen LogP contribution < -0.4 is 31.2 Å². The minimum Gasteiger partial charge on any atom is -0.497 e. The van der Waals surface area contributed by atoms with E-state index in [0.717, 1.165) is 170 Å². The average Bonchev–Trinajstić information content (AvgIpc) is 0.852. The molecule has 0 amide bonds. The van der Waals surface area contributed by atoms with Crippen molar-refractivity contribution in [3.8, 4) is 46.2 Å². The van der Waals surface area contributed by atoms with Gasteiger partial charge >= 0.3 is 6.18 Å². The summed E-state index contributed by atoms with van der Waals surface area (Å²) in [6.07, 6.45) is 12.6. The van der Waals surface area contributed by atoms with Crippen LogP contribution in [0.4, 0.5) is 24.8 Å². The molecular weight excluding hydrogens is 1380 g/mol. The number of nitrogens with one attached hydrogen (secondary N) is 3. The molecule has 2 saturated carbocycles. The van der Waals surface area contributed by atoms with Gasteiger partial charge in [-0.3, -0.25) is 19.6 Å². The Balaban J connectivity index is 0.000000208. The van der Waals surface area contributed by atoms with Gasteiger partial charge in [0, 0.05) is 99.0 Å². The highest BCUT2D eigenvalue weighted by Crippen LogP contribution is 2.36. The van der Waals surface area contributed by atoms with E-state index in [9.17, 15) is 28.5 Å². The molecule has 0 spiro atoms. The van der Waals surface area contributed by atoms with Crippen molar-refractivity contribution in [2.24, 2.45) is 28.4 Å². The molecule has 4 fully saturated rings. The molecule has 8 heterocycles. The van der Waals surface area contributed by atoms with Gasteiger partial charge in [-0.2, -0.15) is 23.7 Å². The smallest absolute Gasteiger partial charge is 0.446 e. The van der Waals surface area contributed by atoms with Gasteiger partial charge in [-0.1, -0.05) is 67.0 Å². The Bertz CT molecular complexity index is 4070. The minimum atomic E-state index is -4.64. The number of Topliss-reactive ketones (excluding diaryl/α,β-unsaturated/α-hetero) is 1. The van der Waals surface area contributed by atoms with Crippen LogP contribution in [0.15, 0.2) is 109 Å². The predicted octanol–water partition coefficient (Wildman–Crippen LogP) is 12.7. The lowest BCUT2D eigenvalue weighted by Crippen LogP contribution is -2.40. The number of ether oxygens (including phenoxy) is 4. The highest BCUT2D eigenvalue weighted by Gasteiger charge is 2.34. The molecule has 104 heavy (non-hydrogen) atoms. The van der Waals surface area contributed by atoms with Crippen molar-refractivity contribution in [3.63, 3.8) is 0 Å². The van der Waals surface area contributed by atoms with Gasteiger partial charge in [0.05, 0.1) is 78.1 Å². The molecule has 5 N–H and O–H groups in total. The summed E-state index contributed by atoms with van der Waals surface area (Å²) in [5.41, 5.74) is 12.8. The van der Waals surface area contributed by atoms with Crippen LogP contribution in [-0.4, -0.2) is 150 Å². The van der Waals surface area contributed by atoms with Crippen LogP contribution >= 0.6 is 23.2 Å². The largest absolute Gasteiger partial charge is 0.497 e. The van der Waals surface area contributed by atoms with Crippen molar-refractivity contribution >= 4 is 46.9 Å². The molecule has 2 aliphatic heterocycles. The highest BCUT2D eigenvalue weighted by atomic mass is 35.5. The number of nitriles is 2. The number of tetrazole rings is 2. The second kappa shape index (κ2) is 39.7. The van der Waals surface area contributed by atoms with E-state index in [0.29, 0.717) is 92.4 Å². The number of anilines is 2. The summed E-state index contributed by atoms with van der Waals surface area (Å²) in [6.45, 7) is 8.49. The Morgan fingerprint density at radius 2 is 1.11 bits per heavy atom. The van der Waals surface area contributed by atoms with Gasteiger partial charge in [0.15, 0.2) is 11.6 Å². The van der Waals surface area contributed by atoms with Gasteiger partial charge < -0.3 is 40.6 Å². The Hall–Kier alpha value is -9.09. The number of hydrogen-bond donors (Lipinski definition) is 4. The van der Waals surface area contributed by atoms with Gasteiger partial charge in [0.1, 0.15) is 28.9 Å². The van der Waals surface area contributed by atoms with Gasteiger partial charge in [-0.05, 0) is 208 Å². The first kappa shape index (κ1) is 80.6. The Morgan fingerprint density at radius 1 is 0.683 bits per heavy atom. The Morgan fingerprint density at radius 3 is 1.52 bits per heavy atom. The fourth-order valence-corrected chi connectivity index (χ4v) is 13.3. The number of halogens is 5. The van der Waals surface area contributed by atoms with E-state index in [-0.39, 0.29) is 25.7 Å². The quantitative estimate of drug-likeness (QED) is 0.0408. The summed E-state index contributed by atoms with van der Waals surface area (Å²) in [5, 5.41) is 55.0. The molecule has 2 saturated heterocycles. The second-order valence-corrected chi connectivity index (χ2v) is 27.6. The third kappa shape index (κ3) is 24.8. The van der Waals surface area contributed by atoms with Crippen LogP contribution in [0.1, 0.15) is 132 Å². The zero-order valence-corrected chi connectivity index (χ0v) is 60.0. The zero-order valence-electron chi connectivity index (χ0n) is 58.5. The zero-order chi connectivity index (χ0) is 73.2. The van der Waals surface area contributed by atoms with Gasteiger partial charge in [0.2, 0.25) is 6.29 Å². The van der Waals surface area contributed by atoms with E-state index in [2.05, 4.69) is 88.2 Å². The standard InChI is InChI=1S/C36H44ClN9O2.C24H30ClN5O.C12H14N4O2.C2HF3O.CH4/c1-25(18-35-43-44-45-46(35)22-27-8-12-30(47-2)13-9-27)41-28-10-6-26(7-11-28)19-29-20-31(32(37)21-39-29)33-4-3-5-34(42-33)40-24-36(23-38)14-16-48-17-15-36;25-21-14-28-19(12-17-4-6-18(27)7-5-17)13-20(21)22-2-1-3-23(30-22)29-16-24(15-26)8-10-31-11-9-24;1-9(17)7-12-13-14-15-16(12)8-10-3-5-11(18-2)6-4-10;3-2(4,5)1-6;/h3-5,8-9,12-13,20-21,25-26,28,41H,6-7,10-11,14-19,22,24H2,1-2H3,(H,40,42);1-3,13-14,17-18H,4-12,16,27H2,(H,29,30);3-6H,7-8H2,1-2H3;1H;1H4. The van der Waals surface area contributed by atoms with E-state index in [4.69, 9.17) is 62.6 Å². The van der Waals surface area contributed by atoms with Gasteiger partial charge in [-0.25, -0.2) is 19.3 Å². The van der Waals surface area contributed by atoms with Gasteiger partial charge in [-0.15, -0.1) is 10.2 Å². The Labute approximate surface area is 615 Å². The highest BCUT2D eigenvalue weighted by molar-refractivity contribution is 6.33. The molecule has 4 aliphatic rings. The molecule has 0 radical (unpaired) electrons. The van der Waals surface area contributed by atoms with E-state index in [1.807, 2.05) is 89.6 Å². The van der Waals surface area contributed by atoms with Crippen LogP contribution in [0.2, 0.25) is 10.0 Å². The normalized spacial score (nSPS) is 18.4. The van der Waals surface area contributed by atoms with Crippen molar-refractivity contribution in [2.45, 2.75) is 161 Å². The summed E-state index contributed by atoms with van der Waals surface area (Å²) < 4.78 is 56.0. The first-order chi connectivity index (χ1) is 49.7. The maximum absolute atomic E-state index is 11.1. The number of hydrogen-bond acceptors (Lipinski definition) is 22. The van der Waals surface area contributed by atoms with Gasteiger partial charge in [0.25, 0.3) is 0 Å². The van der Waals surface area contributed by atoms with Crippen LogP contribution in [0, 0.1) is 45.3 Å². The summed E-state index contributed by atoms with van der Waals surface area (Å²) in [4.78, 5) is 38.6. The number of benzene rings is 2. The van der Waals surface area contributed by atoms with Crippen LogP contribution in [0.25, 0.3) is 22.5 Å². The van der Waals surface area contributed by atoms with E-state index in [1.54, 1.807) is 31.3 Å². The monoisotopic (exact) mass is 1470 g/mol. The topological polar surface area (TPSA) is 320 Å². The number of alkyl halides is 3. The minimum absolute atomic E-state index is 0. The molecule has 8 aromatic rings. The second-order valence-electron chi connectivity index (χ2n) is 26.8. The molecule has 1 unspecified atom stereocenters. The number of aromatic nitrogens is 12. The van der Waals surface area contributed by atoms with Crippen LogP contribution in [0.5, 0.6) is 11.5 Å². The molecule has 2 aliphatic carbocycles. The SMILES string of the molecule is C.COc1ccc(Cn2nnnc2CC(C)=O)cc1.COc1ccc(Cn2nnnc2CC(C)NC2CCC(Cc3cc(-c4cccc(NCC5(C#N)CCOCC5)n4)c(Cl)cn3)CC2)cc1.N#CC1(CNc2cccc(-c3cc(CC4CCC(N)CC4)ncc3Cl)n2)CCOCC1.O=CC(F)(F)F. The predicted molar refractivity (Wildman–Crippen MR) is 391 cm³/mol. The summed E-state index contributed by atoms with van der Waals surface area (Å²) in [6, 6.07) is 37.6. The number of carbonyl (C=O) groups excluding carboxylic acids is 2. The van der Waals surface area contributed by atoms with Crippen molar-refractivity contribution in [3.05, 3.63) is 154 Å². The summed E-state index contributed by atoms with van der Waals surface area (Å²) in [7, 11) is 3.30. The summed E-state index contributed by atoms with van der Waals surface area (Å²) >= 11 is 13.1. The lowest BCUT2D eigenvalue weighted by atomic mass is 9.82. The van der Waals surface area contributed by atoms with Crippen molar-refractivity contribution in [1.29, 1.82) is 10.5 Å². The van der Waals surface area contributed by atoms with Crippen molar-refractivity contribution in [2.75, 3.05) is 64.4 Å². The van der Waals surface area contributed by atoms with Crippen LogP contribution in [-0.2, 0) is 57.8 Å². The maximum atomic E-state index is 11.1. The van der Waals surface area contributed by atoms with Crippen molar-refractivity contribution < 1.29 is 41.7 Å². The number of pyridine rings is 4. The number of carbonyl (C=O) groups is 2. The molecule has 2 aromatic carbocycles. The number of methoxy groups -OCH3 is 2. The molecule has 554 valence electrons. The molecule has 6 aromatic heterocycles. The summed E-state index contributed by atoms with van der Waals surface area (Å²) in [5.74, 6) is 5.82. The maximum Gasteiger partial charge on any atom is 0.446 e. The average molecular weight is 1470 g/mol. The number of nitrogens with zero attached hydrogens (tertiary/aromatic N) is 14. The number of rotatable bonds is 24. The first-order valence-electron chi connectivity index (χ1n) is 34.7. The number of nitrogens with two attached hydrogens (primary N) is 1. The third-order valence-corrected chi connectivity index (χ3v) is 19.5. The number of ketones is 1. The molecule has 0 bridgehead atoms. The number of aldehydes is 1. The van der Waals surface area contributed by atoms with Crippen molar-refractivity contribution in [1.82, 2.24) is 65.7 Å². The third-order valence-electron chi connectivity index (χ3n) is 18.9. The molecule has 1 atom stereocenters. The lowest BCUT2D eigenvalue weighted by molar-refractivity contribution is -0.156. The first-order valence-corrected chi connectivity index (χ1v) is 35.5. The fourth-order valence-electron chi connectivity index (χ4n) is 12.9. The fraction of sp³-hybridized carbons (Fsp3) is 0.493. The van der Waals surface area contributed by atoms with E-state index in [1.165, 1.54) is 6.92 Å². The molecular formula is C75H93Cl2F3N18O6. The van der Waals surface area contributed by atoms with E-state index >= 15 is 0 Å². The van der Waals surface area contributed by atoms with Crippen LogP contribution in [0.3, 0.4) is 0 Å². The molecule has 29 heteroatoms.